The number of carbonyl (C=O) groups excluding carboxylic acids is 2. The lowest BCUT2D eigenvalue weighted by Gasteiger charge is -2.13. The highest BCUT2D eigenvalue weighted by Crippen LogP contribution is 2.20. The van der Waals surface area contributed by atoms with Crippen molar-refractivity contribution in [1.29, 1.82) is 0 Å². The largest absolute Gasteiger partial charge is 0.482 e. The van der Waals surface area contributed by atoms with E-state index in [0.29, 0.717) is 5.75 Å². The molecule has 0 heterocycles. The Hall–Kier alpha value is -2.56. The van der Waals surface area contributed by atoms with Gasteiger partial charge in [-0.1, -0.05) is 43.7 Å². The number of esters is 1. The van der Waals surface area contributed by atoms with Crippen LogP contribution in [0.5, 0.6) is 5.75 Å². The minimum Gasteiger partial charge on any atom is -0.482 e. The number of amides is 1. The van der Waals surface area contributed by atoms with Gasteiger partial charge in [-0.2, -0.15) is 0 Å². The van der Waals surface area contributed by atoms with Crippen LogP contribution in [0.3, 0.4) is 0 Å². The molecule has 0 aliphatic heterocycles. The van der Waals surface area contributed by atoms with Gasteiger partial charge in [-0.05, 0) is 36.2 Å². The first-order valence-corrected chi connectivity index (χ1v) is 8.15. The van der Waals surface area contributed by atoms with Gasteiger partial charge in [0.1, 0.15) is 5.75 Å². The molecule has 128 valence electrons. The summed E-state index contributed by atoms with van der Waals surface area (Å²) in [6.07, 6.45) is 1.88. The number of hydrogen-bond acceptors (Lipinski definition) is 4. The molecule has 5 heteroatoms. The van der Waals surface area contributed by atoms with E-state index in [1.165, 1.54) is 0 Å². The van der Waals surface area contributed by atoms with Crippen molar-refractivity contribution in [1.82, 2.24) is 5.32 Å². The maximum Gasteiger partial charge on any atom is 0.344 e. The normalized spacial score (nSPS) is 11.8. The summed E-state index contributed by atoms with van der Waals surface area (Å²) >= 11 is 0. The molecule has 2 aromatic rings. The van der Waals surface area contributed by atoms with Gasteiger partial charge in [0.25, 0.3) is 5.91 Å². The molecule has 5 nitrogen and oxygen atoms in total. The number of benzene rings is 2. The van der Waals surface area contributed by atoms with Crippen molar-refractivity contribution in [2.24, 2.45) is 0 Å². The fourth-order valence-electron chi connectivity index (χ4n) is 2.41. The minimum absolute atomic E-state index is 0.0788. The first-order valence-electron chi connectivity index (χ1n) is 8.15. The molecule has 0 aliphatic carbocycles. The molecular weight excluding hydrogens is 306 g/mol. The Kier molecular flexibility index (Phi) is 6.61. The van der Waals surface area contributed by atoms with Gasteiger partial charge in [0, 0.05) is 6.04 Å². The van der Waals surface area contributed by atoms with E-state index >= 15 is 0 Å². The molecule has 0 unspecified atom stereocenters. The van der Waals surface area contributed by atoms with Crippen molar-refractivity contribution in [2.45, 2.75) is 32.7 Å². The van der Waals surface area contributed by atoms with Gasteiger partial charge in [0.2, 0.25) is 0 Å². The molecule has 1 atom stereocenters. The zero-order chi connectivity index (χ0) is 17.4. The van der Waals surface area contributed by atoms with Crippen LogP contribution in [0.15, 0.2) is 42.5 Å². The first kappa shape index (κ1) is 17.8. The van der Waals surface area contributed by atoms with E-state index in [0.717, 1.165) is 23.6 Å². The van der Waals surface area contributed by atoms with Crippen molar-refractivity contribution >= 4 is 22.6 Å². The average molecular weight is 329 g/mol. The Bertz CT molecular complexity index is 699. The lowest BCUT2D eigenvalue weighted by Crippen LogP contribution is -2.36. The predicted octanol–water partition coefficient (Wildman–Crippen LogP) is 3.07. The van der Waals surface area contributed by atoms with Crippen LogP contribution >= 0.6 is 0 Å². The molecule has 0 fully saturated rings. The molecule has 1 amide bonds. The van der Waals surface area contributed by atoms with E-state index < -0.39 is 5.97 Å². The van der Waals surface area contributed by atoms with E-state index in [9.17, 15) is 9.59 Å². The van der Waals surface area contributed by atoms with Crippen LogP contribution < -0.4 is 10.1 Å². The molecule has 0 spiro atoms. The van der Waals surface area contributed by atoms with Crippen molar-refractivity contribution < 1.29 is 19.1 Å². The van der Waals surface area contributed by atoms with Gasteiger partial charge >= 0.3 is 5.97 Å². The third-order valence-electron chi connectivity index (χ3n) is 3.57. The summed E-state index contributed by atoms with van der Waals surface area (Å²) in [5.41, 5.74) is 0. The lowest BCUT2D eigenvalue weighted by molar-refractivity contribution is -0.150. The molecule has 0 radical (unpaired) electrons. The molecule has 0 aromatic heterocycles. The molecule has 0 aliphatic rings. The van der Waals surface area contributed by atoms with Crippen molar-refractivity contribution in [2.75, 3.05) is 13.2 Å². The summed E-state index contributed by atoms with van der Waals surface area (Å²) in [7, 11) is 0. The highest BCUT2D eigenvalue weighted by molar-refractivity contribution is 5.84. The van der Waals surface area contributed by atoms with Gasteiger partial charge in [0.05, 0.1) is 0 Å². The number of nitrogens with one attached hydrogen (secondary N) is 1. The van der Waals surface area contributed by atoms with Crippen molar-refractivity contribution in [3.63, 3.8) is 0 Å². The van der Waals surface area contributed by atoms with Gasteiger partial charge in [-0.3, -0.25) is 4.79 Å². The van der Waals surface area contributed by atoms with Crippen LogP contribution in [0.25, 0.3) is 10.8 Å². The Morgan fingerprint density at radius 1 is 1.08 bits per heavy atom. The summed E-state index contributed by atoms with van der Waals surface area (Å²) < 4.78 is 10.3. The zero-order valence-electron chi connectivity index (χ0n) is 14.1. The van der Waals surface area contributed by atoms with Gasteiger partial charge in [-0.15, -0.1) is 0 Å². The van der Waals surface area contributed by atoms with E-state index in [1.54, 1.807) is 6.07 Å². The summed E-state index contributed by atoms with van der Waals surface area (Å²) in [4.78, 5) is 23.3. The Morgan fingerprint density at radius 3 is 2.58 bits per heavy atom. The van der Waals surface area contributed by atoms with Crippen LogP contribution in [0.2, 0.25) is 0 Å². The van der Waals surface area contributed by atoms with Crippen LogP contribution in [0.1, 0.15) is 26.7 Å². The van der Waals surface area contributed by atoms with Crippen LogP contribution in [-0.4, -0.2) is 31.1 Å². The summed E-state index contributed by atoms with van der Waals surface area (Å²) in [6, 6.07) is 13.6. The molecule has 1 N–H and O–H groups in total. The predicted molar refractivity (Wildman–Crippen MR) is 92.9 cm³/mol. The average Bonchev–Trinajstić information content (AvgIpc) is 2.58. The second-order valence-corrected chi connectivity index (χ2v) is 5.72. The van der Waals surface area contributed by atoms with Gasteiger partial charge in [-0.25, -0.2) is 4.79 Å². The zero-order valence-corrected chi connectivity index (χ0v) is 14.1. The third-order valence-corrected chi connectivity index (χ3v) is 3.57. The first-order chi connectivity index (χ1) is 11.6. The van der Waals surface area contributed by atoms with Crippen molar-refractivity contribution in [3.05, 3.63) is 42.5 Å². The summed E-state index contributed by atoms with van der Waals surface area (Å²) in [5, 5.41) is 4.91. The molecule has 0 saturated heterocycles. The fraction of sp³-hybridized carbons (Fsp3) is 0.368. The highest BCUT2D eigenvalue weighted by Gasteiger charge is 2.10. The van der Waals surface area contributed by atoms with E-state index in [-0.39, 0.29) is 25.2 Å². The van der Waals surface area contributed by atoms with E-state index in [4.69, 9.17) is 9.47 Å². The summed E-state index contributed by atoms with van der Waals surface area (Å²) in [6.45, 7) is 3.46. The van der Waals surface area contributed by atoms with Gasteiger partial charge < -0.3 is 14.8 Å². The molecule has 0 saturated carbocycles. The number of fused-ring (bicyclic) bond motifs is 1. The molecule has 0 bridgehead atoms. The standard InChI is InChI=1S/C19H23NO4/c1-3-6-14(2)20-18(21)12-24-19(22)13-23-17-10-9-15-7-4-5-8-16(15)11-17/h4-5,7-11,14H,3,6,12-13H2,1-2H3,(H,20,21)/t14-/m0/s1. The number of rotatable bonds is 8. The Labute approximate surface area is 141 Å². The second-order valence-electron chi connectivity index (χ2n) is 5.72. The molecule has 24 heavy (non-hydrogen) atoms. The van der Waals surface area contributed by atoms with E-state index in [1.807, 2.05) is 50.2 Å². The number of carbonyl (C=O) groups is 2. The van der Waals surface area contributed by atoms with Gasteiger partial charge in [0.15, 0.2) is 13.2 Å². The molecule has 2 aromatic carbocycles. The molecular formula is C19H23NO4. The summed E-state index contributed by atoms with van der Waals surface area (Å²) in [5.74, 6) is -0.275. The SMILES string of the molecule is CCC[C@H](C)NC(=O)COC(=O)COc1ccc2ccccc2c1. The maximum atomic E-state index is 11.7. The smallest absolute Gasteiger partial charge is 0.344 e. The van der Waals surface area contributed by atoms with E-state index in [2.05, 4.69) is 5.32 Å². The Morgan fingerprint density at radius 2 is 1.83 bits per heavy atom. The van der Waals surface area contributed by atoms with Crippen LogP contribution in [0, 0.1) is 0 Å². The monoisotopic (exact) mass is 329 g/mol. The Balaban J connectivity index is 1.75. The lowest BCUT2D eigenvalue weighted by atomic mass is 10.1. The highest BCUT2D eigenvalue weighted by atomic mass is 16.6. The van der Waals surface area contributed by atoms with Crippen LogP contribution in [0.4, 0.5) is 0 Å². The number of hydrogen-bond donors (Lipinski definition) is 1. The topological polar surface area (TPSA) is 64.6 Å². The minimum atomic E-state index is -0.568. The van der Waals surface area contributed by atoms with Crippen molar-refractivity contribution in [3.8, 4) is 5.75 Å². The fourth-order valence-corrected chi connectivity index (χ4v) is 2.41. The van der Waals surface area contributed by atoms with Crippen LogP contribution in [-0.2, 0) is 14.3 Å². The quantitative estimate of drug-likeness (QED) is 0.756. The maximum absolute atomic E-state index is 11.7. The molecule has 2 rings (SSSR count). The number of ether oxygens (including phenoxy) is 2. The third kappa shape index (κ3) is 5.57. The second kappa shape index (κ2) is 8.91.